The highest BCUT2D eigenvalue weighted by Gasteiger charge is 2.58. The fourth-order valence-corrected chi connectivity index (χ4v) is 7.63. The lowest BCUT2D eigenvalue weighted by Crippen LogP contribution is -2.55. The van der Waals surface area contributed by atoms with Gasteiger partial charge in [-0.1, -0.05) is 33.3 Å². The molecule has 4 aliphatic carbocycles. The average Bonchev–Trinajstić information content (AvgIpc) is 2.63. The van der Waals surface area contributed by atoms with E-state index in [0.29, 0.717) is 17.5 Å². The van der Waals surface area contributed by atoms with Crippen molar-refractivity contribution in [2.75, 3.05) is 19.0 Å². The quantitative estimate of drug-likeness (QED) is 0.177. The largest absolute Gasteiger partial charge is 0.462 e. The first kappa shape index (κ1) is 21.2. The lowest BCUT2D eigenvalue weighted by molar-refractivity contribution is -0.171. The van der Waals surface area contributed by atoms with Crippen LogP contribution in [0.4, 0.5) is 0 Å². The van der Waals surface area contributed by atoms with Crippen molar-refractivity contribution in [3.63, 3.8) is 0 Å². The Hall–Kier alpha value is -0.480. The Kier molecular flexibility index (Phi) is 7.35. The molecular formula is C23H38O3S. The molecule has 3 unspecified atom stereocenters. The summed E-state index contributed by atoms with van der Waals surface area (Å²) in [4.78, 5) is 11.6. The van der Waals surface area contributed by atoms with Crippen molar-refractivity contribution < 1.29 is 14.3 Å². The van der Waals surface area contributed by atoms with Crippen LogP contribution in [-0.2, 0) is 14.3 Å². The van der Waals surface area contributed by atoms with Crippen LogP contribution in [0.15, 0.2) is 12.7 Å². The molecule has 27 heavy (non-hydrogen) atoms. The normalized spacial score (nSPS) is 35.2. The van der Waals surface area contributed by atoms with E-state index in [1.54, 1.807) is 0 Å². The summed E-state index contributed by atoms with van der Waals surface area (Å²) in [6.07, 6.45) is 13.8. The Morgan fingerprint density at radius 3 is 2.41 bits per heavy atom. The van der Waals surface area contributed by atoms with E-state index < -0.39 is 0 Å². The predicted octanol–water partition coefficient (Wildman–Crippen LogP) is 5.98. The Labute approximate surface area is 170 Å². The summed E-state index contributed by atoms with van der Waals surface area (Å²) >= 11 is 2.01. The Morgan fingerprint density at radius 1 is 1.15 bits per heavy atom. The number of hydrogen-bond donors (Lipinski definition) is 0. The standard InChI is InChI=1S/C23H38O3S/c1-4-7-9-27-21(8-5-2)26-17-23-13-18-10-19(14-23)12-22(11-18,15-23)16-25-20(24)6-3/h6,18-19,21H,3-5,7-17H2,1-2H3. The fourth-order valence-electron chi connectivity index (χ4n) is 6.35. The minimum atomic E-state index is -0.272. The van der Waals surface area contributed by atoms with Crippen molar-refractivity contribution in [2.45, 2.75) is 83.5 Å². The first-order valence-corrected chi connectivity index (χ1v) is 12.1. The summed E-state index contributed by atoms with van der Waals surface area (Å²) in [5.74, 6) is 2.54. The van der Waals surface area contributed by atoms with Crippen LogP contribution in [0.1, 0.15) is 78.1 Å². The van der Waals surface area contributed by atoms with Gasteiger partial charge >= 0.3 is 5.97 Å². The van der Waals surface area contributed by atoms with Crippen LogP contribution in [0.3, 0.4) is 0 Å². The van der Waals surface area contributed by atoms with Gasteiger partial charge in [0.1, 0.15) is 5.44 Å². The molecule has 4 fully saturated rings. The molecule has 4 bridgehead atoms. The van der Waals surface area contributed by atoms with E-state index in [0.717, 1.165) is 24.9 Å². The average molecular weight is 395 g/mol. The SMILES string of the molecule is C=CC(=O)OCC12CC3CC(C1)CC(COC(CCC)SCCCC)(C3)C2. The second kappa shape index (κ2) is 9.35. The van der Waals surface area contributed by atoms with E-state index in [4.69, 9.17) is 9.47 Å². The highest BCUT2D eigenvalue weighted by molar-refractivity contribution is 7.99. The smallest absolute Gasteiger partial charge is 0.330 e. The van der Waals surface area contributed by atoms with Crippen LogP contribution >= 0.6 is 11.8 Å². The van der Waals surface area contributed by atoms with Gasteiger partial charge in [-0.25, -0.2) is 4.79 Å². The minimum absolute atomic E-state index is 0.196. The van der Waals surface area contributed by atoms with Gasteiger partial charge in [0.2, 0.25) is 0 Å². The molecule has 4 saturated carbocycles. The summed E-state index contributed by atoms with van der Waals surface area (Å²) in [7, 11) is 0. The highest BCUT2D eigenvalue weighted by Crippen LogP contribution is 2.65. The van der Waals surface area contributed by atoms with Gasteiger partial charge in [-0.05, 0) is 74.4 Å². The molecule has 154 valence electrons. The molecule has 3 nitrogen and oxygen atoms in total. The van der Waals surface area contributed by atoms with Gasteiger partial charge in [-0.2, -0.15) is 0 Å². The van der Waals surface area contributed by atoms with Crippen LogP contribution in [0.5, 0.6) is 0 Å². The Morgan fingerprint density at radius 2 is 1.81 bits per heavy atom. The predicted molar refractivity (Wildman–Crippen MR) is 113 cm³/mol. The van der Waals surface area contributed by atoms with Crippen molar-refractivity contribution in [3.8, 4) is 0 Å². The zero-order chi connectivity index (χ0) is 19.3. The lowest BCUT2D eigenvalue weighted by Gasteiger charge is -2.62. The first-order valence-electron chi connectivity index (χ1n) is 11.0. The number of rotatable bonds is 12. The number of esters is 1. The van der Waals surface area contributed by atoms with Crippen molar-refractivity contribution >= 4 is 17.7 Å². The molecule has 3 atom stereocenters. The zero-order valence-electron chi connectivity index (χ0n) is 17.3. The summed E-state index contributed by atoms with van der Waals surface area (Å²) in [5, 5.41) is 0. The van der Waals surface area contributed by atoms with Gasteiger partial charge in [0.05, 0.1) is 13.2 Å². The van der Waals surface area contributed by atoms with E-state index in [1.165, 1.54) is 69.6 Å². The number of carbonyl (C=O) groups is 1. The molecule has 0 saturated heterocycles. The van der Waals surface area contributed by atoms with E-state index >= 15 is 0 Å². The summed E-state index contributed by atoms with van der Waals surface area (Å²) in [6.45, 7) is 9.53. The lowest BCUT2D eigenvalue weighted by atomic mass is 9.44. The minimum Gasteiger partial charge on any atom is -0.462 e. The topological polar surface area (TPSA) is 35.5 Å². The Balaban J connectivity index is 1.60. The molecule has 4 aliphatic rings. The molecule has 0 N–H and O–H groups in total. The first-order chi connectivity index (χ1) is 13.0. The number of carbonyl (C=O) groups excluding carboxylic acids is 1. The number of thioether (sulfide) groups is 1. The molecule has 4 heteroatoms. The van der Waals surface area contributed by atoms with Crippen LogP contribution < -0.4 is 0 Å². The van der Waals surface area contributed by atoms with Crippen molar-refractivity contribution in [1.82, 2.24) is 0 Å². The van der Waals surface area contributed by atoms with E-state index in [-0.39, 0.29) is 11.4 Å². The molecule has 0 radical (unpaired) electrons. The molecule has 0 amide bonds. The fraction of sp³-hybridized carbons (Fsp3) is 0.870. The molecule has 0 heterocycles. The second-order valence-electron chi connectivity index (χ2n) is 9.53. The zero-order valence-corrected chi connectivity index (χ0v) is 18.2. The van der Waals surface area contributed by atoms with Crippen LogP contribution in [0, 0.1) is 22.7 Å². The molecule has 0 aromatic heterocycles. The summed E-state index contributed by atoms with van der Waals surface area (Å²) in [6, 6.07) is 0. The summed E-state index contributed by atoms with van der Waals surface area (Å²) < 4.78 is 12.1. The molecular weight excluding hydrogens is 356 g/mol. The maximum atomic E-state index is 11.6. The second-order valence-corrected chi connectivity index (χ2v) is 10.8. The van der Waals surface area contributed by atoms with Gasteiger partial charge in [0.15, 0.2) is 0 Å². The molecule has 0 spiro atoms. The third-order valence-electron chi connectivity index (χ3n) is 6.89. The number of hydrogen-bond acceptors (Lipinski definition) is 4. The van der Waals surface area contributed by atoms with Gasteiger partial charge < -0.3 is 9.47 Å². The number of unbranched alkanes of at least 4 members (excludes halogenated alkanes) is 1. The van der Waals surface area contributed by atoms with E-state index in [1.807, 2.05) is 11.8 Å². The van der Waals surface area contributed by atoms with E-state index in [2.05, 4.69) is 20.4 Å². The third-order valence-corrected chi connectivity index (χ3v) is 8.16. The maximum absolute atomic E-state index is 11.6. The van der Waals surface area contributed by atoms with Crippen LogP contribution in [0.25, 0.3) is 0 Å². The molecule has 0 aliphatic heterocycles. The van der Waals surface area contributed by atoms with Gasteiger partial charge in [-0.15, -0.1) is 11.8 Å². The van der Waals surface area contributed by atoms with Crippen molar-refractivity contribution in [3.05, 3.63) is 12.7 Å². The third kappa shape index (κ3) is 5.32. The van der Waals surface area contributed by atoms with E-state index in [9.17, 15) is 4.79 Å². The molecule has 0 aromatic rings. The Bertz CT molecular complexity index is 504. The van der Waals surface area contributed by atoms with Gasteiger partial charge in [0.25, 0.3) is 0 Å². The van der Waals surface area contributed by atoms with Crippen LogP contribution in [0.2, 0.25) is 0 Å². The maximum Gasteiger partial charge on any atom is 0.330 e. The summed E-state index contributed by atoms with van der Waals surface area (Å²) in [5.41, 5.74) is 0.869. The molecule has 0 aromatic carbocycles. The highest BCUT2D eigenvalue weighted by atomic mass is 32.2. The van der Waals surface area contributed by atoms with Gasteiger partial charge in [-0.3, -0.25) is 0 Å². The van der Waals surface area contributed by atoms with Crippen molar-refractivity contribution in [2.24, 2.45) is 22.7 Å². The van der Waals surface area contributed by atoms with Crippen LogP contribution in [-0.4, -0.2) is 30.4 Å². The number of ether oxygens (including phenoxy) is 2. The molecule has 4 rings (SSSR count). The van der Waals surface area contributed by atoms with Gasteiger partial charge in [0, 0.05) is 11.5 Å². The van der Waals surface area contributed by atoms with Crippen molar-refractivity contribution in [1.29, 1.82) is 0 Å². The monoisotopic (exact) mass is 394 g/mol.